The SMILES string of the molecule is CN(C)C(=O)c1cc(S(=O)(=O)c2ccc(CCN(Cc3ccccc3)C[C@H](O)c3cccc(Cl)c3)cc2)ccc1OCc1ccccc1. The Morgan fingerprint density at radius 1 is 0.771 bits per heavy atom. The summed E-state index contributed by atoms with van der Waals surface area (Å²) in [4.78, 5) is 16.8. The zero-order valence-electron chi connectivity index (χ0n) is 27.0. The molecule has 0 aliphatic heterocycles. The maximum Gasteiger partial charge on any atom is 0.257 e. The third kappa shape index (κ3) is 9.11. The number of amides is 1. The molecular formula is C39H39ClN2O5S. The maximum absolute atomic E-state index is 13.7. The fourth-order valence-electron chi connectivity index (χ4n) is 5.34. The summed E-state index contributed by atoms with van der Waals surface area (Å²) in [6, 6.07) is 38.1. The minimum absolute atomic E-state index is 0.0107. The van der Waals surface area contributed by atoms with Gasteiger partial charge in [0, 0.05) is 38.8 Å². The van der Waals surface area contributed by atoms with Gasteiger partial charge in [0.2, 0.25) is 9.84 Å². The summed E-state index contributed by atoms with van der Waals surface area (Å²) in [6.07, 6.45) is -0.0796. The van der Waals surface area contributed by atoms with Crippen LogP contribution in [0.4, 0.5) is 0 Å². The first kappa shape index (κ1) is 34.9. The number of aliphatic hydroxyl groups excluding tert-OH is 1. The number of ether oxygens (including phenoxy) is 1. The van der Waals surface area contributed by atoms with Gasteiger partial charge in [-0.25, -0.2) is 8.42 Å². The van der Waals surface area contributed by atoms with E-state index in [1.807, 2.05) is 72.8 Å². The van der Waals surface area contributed by atoms with E-state index in [4.69, 9.17) is 16.3 Å². The first-order valence-corrected chi connectivity index (χ1v) is 17.5. The third-order valence-electron chi connectivity index (χ3n) is 8.00. The number of hydrogen-bond donors (Lipinski definition) is 1. The summed E-state index contributed by atoms with van der Waals surface area (Å²) in [5.74, 6) is -0.0432. The Morgan fingerprint density at radius 2 is 1.42 bits per heavy atom. The van der Waals surface area contributed by atoms with Crippen LogP contribution in [-0.2, 0) is 29.4 Å². The van der Waals surface area contributed by atoms with E-state index in [2.05, 4.69) is 17.0 Å². The third-order valence-corrected chi connectivity index (χ3v) is 10.0. The van der Waals surface area contributed by atoms with Crippen molar-refractivity contribution in [3.8, 4) is 5.75 Å². The van der Waals surface area contributed by atoms with Gasteiger partial charge in [0.05, 0.1) is 21.5 Å². The quantitative estimate of drug-likeness (QED) is 0.133. The number of aliphatic hydroxyl groups is 1. The van der Waals surface area contributed by atoms with Gasteiger partial charge in [-0.05, 0) is 71.1 Å². The van der Waals surface area contributed by atoms with Crippen LogP contribution in [0, 0.1) is 0 Å². The van der Waals surface area contributed by atoms with Crippen molar-refractivity contribution in [1.29, 1.82) is 0 Å². The normalized spacial score (nSPS) is 12.1. The topological polar surface area (TPSA) is 87.2 Å². The van der Waals surface area contributed by atoms with Crippen LogP contribution in [0.1, 0.15) is 38.7 Å². The Hall–Kier alpha value is -4.47. The fraction of sp³-hybridized carbons (Fsp3) is 0.205. The van der Waals surface area contributed by atoms with Gasteiger partial charge in [0.15, 0.2) is 0 Å². The molecule has 0 heterocycles. The van der Waals surface area contributed by atoms with Gasteiger partial charge in [-0.2, -0.15) is 0 Å². The molecule has 5 aromatic rings. The zero-order valence-corrected chi connectivity index (χ0v) is 28.6. The molecule has 0 spiro atoms. The summed E-state index contributed by atoms with van der Waals surface area (Å²) >= 11 is 6.17. The Balaban J connectivity index is 1.31. The number of carbonyl (C=O) groups is 1. The number of nitrogens with zero attached hydrogens (tertiary/aromatic N) is 2. The van der Waals surface area contributed by atoms with Crippen molar-refractivity contribution in [3.63, 3.8) is 0 Å². The van der Waals surface area contributed by atoms with Gasteiger partial charge in [0.1, 0.15) is 12.4 Å². The lowest BCUT2D eigenvalue weighted by Gasteiger charge is -2.25. The minimum atomic E-state index is -3.92. The molecule has 1 N–H and O–H groups in total. The van der Waals surface area contributed by atoms with Crippen molar-refractivity contribution in [2.45, 2.75) is 35.5 Å². The lowest BCUT2D eigenvalue weighted by atomic mass is 10.1. The van der Waals surface area contributed by atoms with Gasteiger partial charge in [-0.3, -0.25) is 9.69 Å². The fourth-order valence-corrected chi connectivity index (χ4v) is 6.83. The van der Waals surface area contributed by atoms with E-state index >= 15 is 0 Å². The van der Waals surface area contributed by atoms with Crippen LogP contribution in [0.3, 0.4) is 0 Å². The maximum atomic E-state index is 13.7. The van der Waals surface area contributed by atoms with E-state index in [-0.39, 0.29) is 27.9 Å². The molecular weight excluding hydrogens is 644 g/mol. The molecule has 0 bridgehead atoms. The number of halogens is 1. The molecule has 7 nitrogen and oxygen atoms in total. The standard InChI is InChI=1S/C39H39ClN2O5S/c1-41(2)39(44)36-25-35(20-21-38(36)47-28-31-12-7-4-8-13-31)48(45,46)34-18-16-29(17-19-34)22-23-42(26-30-10-5-3-6-11-30)27-37(43)32-14-9-15-33(40)24-32/h3-21,24-25,37,43H,22-23,26-28H2,1-2H3/t37-/m0/s1. The van der Waals surface area contributed by atoms with Crippen molar-refractivity contribution in [3.05, 3.63) is 160 Å². The molecule has 0 saturated heterocycles. The lowest BCUT2D eigenvalue weighted by molar-refractivity contribution is 0.0822. The zero-order chi connectivity index (χ0) is 34.1. The molecule has 1 amide bonds. The highest BCUT2D eigenvalue weighted by atomic mass is 35.5. The van der Waals surface area contributed by atoms with Crippen LogP contribution in [-0.4, -0.2) is 56.4 Å². The summed E-state index contributed by atoms with van der Waals surface area (Å²) in [6.45, 7) is 1.92. The van der Waals surface area contributed by atoms with Gasteiger partial charge in [-0.15, -0.1) is 0 Å². The van der Waals surface area contributed by atoms with Crippen LogP contribution in [0.25, 0.3) is 0 Å². The molecule has 0 aliphatic carbocycles. The van der Waals surface area contributed by atoms with E-state index in [9.17, 15) is 18.3 Å². The Morgan fingerprint density at radius 3 is 2.06 bits per heavy atom. The molecule has 0 aliphatic rings. The first-order chi connectivity index (χ1) is 23.1. The van der Waals surface area contributed by atoms with Gasteiger partial charge in [-0.1, -0.05) is 96.5 Å². The lowest BCUT2D eigenvalue weighted by Crippen LogP contribution is -2.30. The molecule has 0 aromatic heterocycles. The Labute approximate surface area is 287 Å². The van der Waals surface area contributed by atoms with Gasteiger partial charge in [0.25, 0.3) is 5.91 Å². The molecule has 0 unspecified atom stereocenters. The summed E-state index contributed by atoms with van der Waals surface area (Å²) in [7, 11) is -0.697. The highest BCUT2D eigenvalue weighted by molar-refractivity contribution is 7.91. The largest absolute Gasteiger partial charge is 0.488 e. The molecule has 0 saturated carbocycles. The molecule has 5 aromatic carbocycles. The van der Waals surface area contributed by atoms with Crippen LogP contribution >= 0.6 is 11.6 Å². The van der Waals surface area contributed by atoms with Gasteiger partial charge >= 0.3 is 0 Å². The van der Waals surface area contributed by atoms with Crippen molar-refractivity contribution < 1.29 is 23.1 Å². The second kappa shape index (κ2) is 16.1. The molecule has 248 valence electrons. The molecule has 1 atom stereocenters. The summed E-state index contributed by atoms with van der Waals surface area (Å²) in [5, 5.41) is 11.6. The predicted molar refractivity (Wildman–Crippen MR) is 189 cm³/mol. The molecule has 9 heteroatoms. The number of rotatable bonds is 14. The monoisotopic (exact) mass is 682 g/mol. The van der Waals surface area contributed by atoms with E-state index < -0.39 is 15.9 Å². The molecule has 48 heavy (non-hydrogen) atoms. The van der Waals surface area contributed by atoms with E-state index in [1.165, 1.54) is 17.0 Å². The number of carbonyl (C=O) groups excluding carboxylic acids is 1. The van der Waals surface area contributed by atoms with Crippen molar-refractivity contribution >= 4 is 27.3 Å². The van der Waals surface area contributed by atoms with Crippen LogP contribution in [0.15, 0.2) is 137 Å². The van der Waals surface area contributed by atoms with Crippen molar-refractivity contribution in [2.75, 3.05) is 27.2 Å². The van der Waals surface area contributed by atoms with Gasteiger partial charge < -0.3 is 14.7 Å². The minimum Gasteiger partial charge on any atom is -0.488 e. The van der Waals surface area contributed by atoms with E-state index in [0.717, 1.165) is 22.3 Å². The van der Waals surface area contributed by atoms with Crippen molar-refractivity contribution in [2.24, 2.45) is 0 Å². The Kier molecular flexibility index (Phi) is 11.7. The molecule has 0 fully saturated rings. The average Bonchev–Trinajstić information content (AvgIpc) is 3.10. The van der Waals surface area contributed by atoms with Crippen LogP contribution < -0.4 is 4.74 Å². The predicted octanol–water partition coefficient (Wildman–Crippen LogP) is 7.23. The second-order valence-electron chi connectivity index (χ2n) is 11.8. The van der Waals surface area contributed by atoms with Crippen LogP contribution in [0.2, 0.25) is 5.02 Å². The second-order valence-corrected chi connectivity index (χ2v) is 14.2. The number of benzene rings is 5. The highest BCUT2D eigenvalue weighted by Gasteiger charge is 2.23. The smallest absolute Gasteiger partial charge is 0.257 e. The molecule has 0 radical (unpaired) electrons. The summed E-state index contributed by atoms with van der Waals surface area (Å²) in [5.41, 5.74) is 3.93. The van der Waals surface area contributed by atoms with Crippen molar-refractivity contribution in [1.82, 2.24) is 9.80 Å². The highest BCUT2D eigenvalue weighted by Crippen LogP contribution is 2.29. The average molecular weight is 683 g/mol. The Bertz CT molecular complexity index is 1920. The summed E-state index contributed by atoms with van der Waals surface area (Å²) < 4.78 is 33.4. The molecule has 5 rings (SSSR count). The van der Waals surface area contributed by atoms with E-state index in [1.54, 1.807) is 44.4 Å². The first-order valence-electron chi connectivity index (χ1n) is 15.7. The van der Waals surface area contributed by atoms with Crippen LogP contribution in [0.5, 0.6) is 5.75 Å². The number of hydrogen-bond acceptors (Lipinski definition) is 6. The van der Waals surface area contributed by atoms with E-state index in [0.29, 0.717) is 36.8 Å². The number of sulfone groups is 1.